The molecule has 4 aromatic rings. The zero-order valence-electron chi connectivity index (χ0n) is 24.6. The fourth-order valence-electron chi connectivity index (χ4n) is 6.00. The van der Waals surface area contributed by atoms with Crippen molar-refractivity contribution in [3.8, 4) is 17.0 Å². The molecular weight excluding hydrogens is 530 g/mol. The number of piperidine rings is 1. The molecule has 1 aromatic carbocycles. The highest BCUT2D eigenvalue weighted by atomic mass is 16.5. The highest BCUT2D eigenvalue weighted by Crippen LogP contribution is 2.32. The van der Waals surface area contributed by atoms with Crippen molar-refractivity contribution < 1.29 is 14.6 Å². The van der Waals surface area contributed by atoms with Gasteiger partial charge in [0, 0.05) is 62.8 Å². The molecule has 6 rings (SSSR count). The average molecular weight is 570 g/mol. The summed E-state index contributed by atoms with van der Waals surface area (Å²) in [6.45, 7) is 7.10. The third kappa shape index (κ3) is 5.88. The van der Waals surface area contributed by atoms with Crippen LogP contribution >= 0.6 is 0 Å². The molecule has 42 heavy (non-hydrogen) atoms. The molecule has 0 radical (unpaired) electrons. The minimum Gasteiger partial charge on any atom is -0.496 e. The van der Waals surface area contributed by atoms with Gasteiger partial charge in [0.2, 0.25) is 5.95 Å². The van der Waals surface area contributed by atoms with Gasteiger partial charge in [0.1, 0.15) is 11.6 Å². The van der Waals surface area contributed by atoms with E-state index in [1.54, 1.807) is 7.11 Å². The Bertz CT molecular complexity index is 1510. The molecule has 0 aliphatic carbocycles. The van der Waals surface area contributed by atoms with E-state index in [0.29, 0.717) is 36.6 Å². The second-order valence-electron chi connectivity index (χ2n) is 11.2. The van der Waals surface area contributed by atoms with E-state index >= 15 is 0 Å². The van der Waals surface area contributed by atoms with Crippen molar-refractivity contribution in [2.45, 2.75) is 45.0 Å². The maximum atomic E-state index is 9.86. The number of methoxy groups -OCH3 is 1. The Hall–Kier alpha value is -3.86. The van der Waals surface area contributed by atoms with Crippen LogP contribution in [-0.4, -0.2) is 89.0 Å². The largest absolute Gasteiger partial charge is 0.496 e. The molecule has 5 heterocycles. The van der Waals surface area contributed by atoms with Crippen LogP contribution in [-0.2, 0) is 17.9 Å². The Kier molecular flexibility index (Phi) is 8.46. The maximum Gasteiger partial charge on any atom is 0.229 e. The van der Waals surface area contributed by atoms with Gasteiger partial charge in [-0.25, -0.2) is 4.98 Å². The van der Waals surface area contributed by atoms with Crippen LogP contribution in [0.5, 0.6) is 5.75 Å². The molecule has 2 fully saturated rings. The number of morpholine rings is 1. The van der Waals surface area contributed by atoms with Crippen LogP contribution in [0, 0.1) is 0 Å². The van der Waals surface area contributed by atoms with Crippen LogP contribution in [0.25, 0.3) is 22.3 Å². The van der Waals surface area contributed by atoms with Crippen LogP contribution in [0.1, 0.15) is 30.9 Å². The smallest absolute Gasteiger partial charge is 0.229 e. The number of aliphatic hydroxyl groups excluding tert-OH is 1. The molecule has 10 heteroatoms. The number of likely N-dealkylation sites (tertiary alicyclic amines) is 1. The fourth-order valence-corrected chi connectivity index (χ4v) is 6.00. The lowest BCUT2D eigenvalue weighted by molar-refractivity contribution is 0.0987. The Morgan fingerprint density at radius 1 is 1.07 bits per heavy atom. The maximum absolute atomic E-state index is 9.86. The first-order valence-corrected chi connectivity index (χ1v) is 14.7. The molecule has 0 saturated carbocycles. The van der Waals surface area contributed by atoms with Gasteiger partial charge in [0.05, 0.1) is 44.1 Å². The van der Waals surface area contributed by atoms with Crippen LogP contribution in [0.15, 0.2) is 54.9 Å². The average Bonchev–Trinajstić information content (AvgIpc) is 3.04. The summed E-state index contributed by atoms with van der Waals surface area (Å²) in [7, 11) is 3.71. The summed E-state index contributed by atoms with van der Waals surface area (Å²) in [5.74, 6) is 2.25. The number of benzene rings is 1. The Morgan fingerprint density at radius 3 is 2.67 bits per heavy atom. The molecule has 2 saturated heterocycles. The third-order valence-corrected chi connectivity index (χ3v) is 8.46. The predicted octanol–water partition coefficient (Wildman–Crippen LogP) is 3.91. The van der Waals surface area contributed by atoms with E-state index in [-0.39, 0.29) is 12.6 Å². The van der Waals surface area contributed by atoms with Crippen LogP contribution in [0.3, 0.4) is 0 Å². The highest BCUT2D eigenvalue weighted by molar-refractivity contribution is 5.90. The van der Waals surface area contributed by atoms with Gasteiger partial charge in [0.25, 0.3) is 0 Å². The normalized spacial score (nSPS) is 18.4. The van der Waals surface area contributed by atoms with E-state index in [9.17, 15) is 5.11 Å². The van der Waals surface area contributed by atoms with Gasteiger partial charge >= 0.3 is 0 Å². The number of aliphatic hydroxyl groups is 1. The topological polar surface area (TPSA) is 100.0 Å². The zero-order chi connectivity index (χ0) is 29.1. The van der Waals surface area contributed by atoms with Crippen molar-refractivity contribution in [1.29, 1.82) is 0 Å². The number of aromatic nitrogens is 4. The van der Waals surface area contributed by atoms with Crippen molar-refractivity contribution in [2.24, 2.45) is 0 Å². The molecule has 0 bridgehead atoms. The zero-order valence-corrected chi connectivity index (χ0v) is 24.6. The second kappa shape index (κ2) is 12.6. The van der Waals surface area contributed by atoms with Crippen molar-refractivity contribution in [2.75, 3.05) is 56.8 Å². The van der Waals surface area contributed by atoms with Crippen molar-refractivity contribution in [1.82, 2.24) is 24.8 Å². The number of hydrogen-bond donors (Lipinski definition) is 1. The van der Waals surface area contributed by atoms with Gasteiger partial charge in [0.15, 0.2) is 5.65 Å². The van der Waals surface area contributed by atoms with E-state index in [1.165, 1.54) is 5.56 Å². The predicted molar refractivity (Wildman–Crippen MR) is 164 cm³/mol. The first-order valence-electron chi connectivity index (χ1n) is 14.7. The van der Waals surface area contributed by atoms with Gasteiger partial charge in [-0.2, -0.15) is 9.97 Å². The number of hydrogen-bond acceptors (Lipinski definition) is 10. The fraction of sp³-hybridized carbons (Fsp3) is 0.438. The third-order valence-electron chi connectivity index (χ3n) is 8.46. The van der Waals surface area contributed by atoms with Crippen LogP contribution < -0.4 is 14.5 Å². The second-order valence-corrected chi connectivity index (χ2v) is 11.2. The minimum atomic E-state index is -0.109. The van der Waals surface area contributed by atoms with E-state index < -0.39 is 0 Å². The Morgan fingerprint density at radius 2 is 1.93 bits per heavy atom. The Balaban J connectivity index is 1.31. The molecule has 10 nitrogen and oxygen atoms in total. The molecule has 2 aliphatic heterocycles. The first kappa shape index (κ1) is 28.3. The number of pyridine rings is 2. The van der Waals surface area contributed by atoms with Crippen molar-refractivity contribution in [3.05, 3.63) is 66.0 Å². The van der Waals surface area contributed by atoms with Crippen molar-refractivity contribution >= 4 is 22.8 Å². The van der Waals surface area contributed by atoms with Crippen molar-refractivity contribution in [3.63, 3.8) is 0 Å². The summed E-state index contributed by atoms with van der Waals surface area (Å²) in [6, 6.07) is 14.5. The molecule has 0 spiro atoms. The molecule has 220 valence electrons. The van der Waals surface area contributed by atoms with Gasteiger partial charge in [-0.15, -0.1) is 0 Å². The summed E-state index contributed by atoms with van der Waals surface area (Å²) >= 11 is 0. The standard InChI is InChI=1S/C32H39N7O3/c1-22-21-42-16-15-39(22)31-27-7-8-28(24-6-9-29(41-3)25(17-24)20-40)34-30(27)35-32(36-31)37(2)26-10-13-38(14-11-26)19-23-5-4-12-33-18-23/h4-9,12,17-18,22,26,40H,10-11,13-16,19-21H2,1-3H3/t22-/m0/s1. The quantitative estimate of drug-likeness (QED) is 0.336. The number of nitrogens with zero attached hydrogens (tertiary/aromatic N) is 7. The van der Waals surface area contributed by atoms with Crippen LogP contribution in [0.4, 0.5) is 11.8 Å². The summed E-state index contributed by atoms with van der Waals surface area (Å²) in [4.78, 5) is 26.5. The van der Waals surface area contributed by atoms with E-state index in [1.807, 2.05) is 42.7 Å². The van der Waals surface area contributed by atoms with E-state index in [2.05, 4.69) is 45.8 Å². The van der Waals surface area contributed by atoms with Gasteiger partial charge < -0.3 is 24.4 Å². The summed E-state index contributed by atoms with van der Waals surface area (Å²) in [5, 5.41) is 10.8. The minimum absolute atomic E-state index is 0.109. The molecule has 0 amide bonds. The number of ether oxygens (including phenoxy) is 2. The molecular formula is C32H39N7O3. The molecule has 2 aliphatic rings. The molecule has 0 unspecified atom stereocenters. The molecule has 1 N–H and O–H groups in total. The number of rotatable bonds is 8. The number of anilines is 2. The lowest BCUT2D eigenvalue weighted by Gasteiger charge is -2.38. The van der Waals surface area contributed by atoms with Gasteiger partial charge in [-0.05, 0) is 61.7 Å². The molecule has 3 aromatic heterocycles. The van der Waals surface area contributed by atoms with Gasteiger partial charge in [-0.1, -0.05) is 6.07 Å². The molecule has 1 atom stereocenters. The van der Waals surface area contributed by atoms with E-state index in [0.717, 1.165) is 67.0 Å². The first-order chi connectivity index (χ1) is 20.5. The Labute approximate surface area is 247 Å². The SMILES string of the molecule is COc1ccc(-c2ccc3c(N4CCOC[C@@H]4C)nc(N(C)C4CCN(Cc5cccnc5)CC4)nc3n2)cc1CO. The summed E-state index contributed by atoms with van der Waals surface area (Å²) < 4.78 is 11.1. The highest BCUT2D eigenvalue weighted by Gasteiger charge is 2.28. The summed E-state index contributed by atoms with van der Waals surface area (Å²) in [6.07, 6.45) is 5.84. The monoisotopic (exact) mass is 569 g/mol. The number of fused-ring (bicyclic) bond motifs is 1. The lowest BCUT2D eigenvalue weighted by atomic mass is 10.0. The van der Waals surface area contributed by atoms with Gasteiger partial charge in [-0.3, -0.25) is 9.88 Å². The van der Waals surface area contributed by atoms with E-state index in [4.69, 9.17) is 24.4 Å². The van der Waals surface area contributed by atoms with Crippen LogP contribution in [0.2, 0.25) is 0 Å². The lowest BCUT2D eigenvalue weighted by Crippen LogP contribution is -2.45. The summed E-state index contributed by atoms with van der Waals surface area (Å²) in [5.41, 5.74) is 4.32.